The van der Waals surface area contributed by atoms with Crippen molar-refractivity contribution in [2.24, 2.45) is 5.73 Å². The summed E-state index contributed by atoms with van der Waals surface area (Å²) < 4.78 is 0. The number of unbranched alkanes of at least 4 members (excludes halogenated alkanes) is 1. The quantitative estimate of drug-likeness (QED) is 0.348. The van der Waals surface area contributed by atoms with E-state index in [1.165, 1.54) is 0 Å². The number of hydrogen-bond donors (Lipinski definition) is 3. The molecule has 0 amide bonds. The topological polar surface area (TPSA) is 58.3 Å². The van der Waals surface area contributed by atoms with Gasteiger partial charge in [0.1, 0.15) is 0 Å². The van der Waals surface area contributed by atoms with Crippen LogP contribution in [0.5, 0.6) is 0 Å². The van der Waals surface area contributed by atoms with Gasteiger partial charge in [-0.15, -0.1) is 0 Å². The number of aliphatic hydroxyl groups is 1. The lowest BCUT2D eigenvalue weighted by Crippen LogP contribution is -2.37. The van der Waals surface area contributed by atoms with E-state index in [-0.39, 0.29) is 0 Å². The average Bonchev–Trinajstić information content (AvgIpc) is 1.66. The molecule has 0 fully saturated rings. The lowest BCUT2D eigenvalue weighted by molar-refractivity contribution is 0.144. The molecule has 0 radical (unpaired) electrons. The maximum atomic E-state index is 8.45. The highest BCUT2D eigenvalue weighted by Gasteiger charge is 1.89. The summed E-state index contributed by atoms with van der Waals surface area (Å²) in [5.41, 5.74) is 4.98. The Morgan fingerprint density at radius 2 is 2.38 bits per heavy atom. The summed E-state index contributed by atoms with van der Waals surface area (Å²) in [6.07, 6.45) is 1.34. The monoisotopic (exact) mass is 118 g/mol. The molecule has 1 atom stereocenters. The first-order valence-electron chi connectivity index (χ1n) is 2.94. The zero-order valence-corrected chi connectivity index (χ0v) is 5.22. The van der Waals surface area contributed by atoms with Crippen LogP contribution in [0.25, 0.3) is 0 Å². The van der Waals surface area contributed by atoms with Crippen molar-refractivity contribution in [1.82, 2.24) is 5.32 Å². The fourth-order valence-corrected chi connectivity index (χ4v) is 0.427. The van der Waals surface area contributed by atoms with Gasteiger partial charge in [0, 0.05) is 0 Å². The molecular weight excluding hydrogens is 104 g/mol. The van der Waals surface area contributed by atoms with Gasteiger partial charge in [-0.25, -0.2) is 0 Å². The standard InChI is InChI=1S/C5H14N2O/c1-2-3-4-7-5(6)8/h5,7-8H,2-4,6H2,1H3. The van der Waals surface area contributed by atoms with Gasteiger partial charge in [0.05, 0.1) is 0 Å². The first-order chi connectivity index (χ1) is 3.77. The molecule has 0 aliphatic heterocycles. The van der Waals surface area contributed by atoms with Gasteiger partial charge >= 0.3 is 0 Å². The summed E-state index contributed by atoms with van der Waals surface area (Å²) in [6, 6.07) is 0. The molecule has 1 unspecified atom stereocenters. The van der Waals surface area contributed by atoms with E-state index in [9.17, 15) is 0 Å². The van der Waals surface area contributed by atoms with Gasteiger partial charge < -0.3 is 5.11 Å². The van der Waals surface area contributed by atoms with Crippen LogP contribution in [0.2, 0.25) is 0 Å². The Morgan fingerprint density at radius 1 is 1.75 bits per heavy atom. The minimum Gasteiger partial charge on any atom is -0.366 e. The Hall–Kier alpha value is -0.120. The van der Waals surface area contributed by atoms with Crippen molar-refractivity contribution in [3.8, 4) is 0 Å². The smallest absolute Gasteiger partial charge is 0.157 e. The van der Waals surface area contributed by atoms with Crippen LogP contribution in [-0.2, 0) is 0 Å². The fraction of sp³-hybridized carbons (Fsp3) is 1.00. The predicted molar refractivity (Wildman–Crippen MR) is 33.1 cm³/mol. The van der Waals surface area contributed by atoms with Crippen molar-refractivity contribution in [1.29, 1.82) is 0 Å². The highest BCUT2D eigenvalue weighted by atomic mass is 16.3. The SMILES string of the molecule is CCCCNC(N)O. The normalized spacial score (nSPS) is 13.9. The van der Waals surface area contributed by atoms with Gasteiger partial charge in [-0.3, -0.25) is 11.1 Å². The Morgan fingerprint density at radius 3 is 2.75 bits per heavy atom. The largest absolute Gasteiger partial charge is 0.366 e. The number of rotatable bonds is 4. The summed E-state index contributed by atoms with van der Waals surface area (Å²) in [5.74, 6) is 0. The van der Waals surface area contributed by atoms with E-state index in [1.54, 1.807) is 0 Å². The Bertz CT molecular complexity index is 47.7. The molecule has 0 saturated carbocycles. The Labute approximate surface area is 49.9 Å². The first kappa shape index (κ1) is 7.88. The van der Waals surface area contributed by atoms with E-state index in [1.807, 2.05) is 0 Å². The maximum Gasteiger partial charge on any atom is 0.157 e. The zero-order chi connectivity index (χ0) is 6.41. The molecule has 8 heavy (non-hydrogen) atoms. The van der Waals surface area contributed by atoms with Crippen LogP contribution in [0.3, 0.4) is 0 Å². The van der Waals surface area contributed by atoms with Crippen LogP contribution in [0.1, 0.15) is 19.8 Å². The molecule has 3 nitrogen and oxygen atoms in total. The minimum atomic E-state index is -0.846. The summed E-state index contributed by atoms with van der Waals surface area (Å²) >= 11 is 0. The fourth-order valence-electron chi connectivity index (χ4n) is 0.427. The predicted octanol–water partition coefficient (Wildman–Crippen LogP) is -0.389. The Kier molecular flexibility index (Phi) is 4.95. The molecule has 0 aromatic heterocycles. The van der Waals surface area contributed by atoms with Crippen LogP contribution in [0.4, 0.5) is 0 Å². The second kappa shape index (κ2) is 5.03. The zero-order valence-electron chi connectivity index (χ0n) is 5.22. The molecule has 0 aromatic carbocycles. The van der Waals surface area contributed by atoms with Crippen LogP contribution in [-0.4, -0.2) is 18.0 Å². The molecule has 0 spiro atoms. The third kappa shape index (κ3) is 5.88. The van der Waals surface area contributed by atoms with Crippen molar-refractivity contribution in [2.45, 2.75) is 26.1 Å². The molecule has 0 rings (SSSR count). The third-order valence-electron chi connectivity index (χ3n) is 0.884. The lowest BCUT2D eigenvalue weighted by atomic mass is 10.3. The van der Waals surface area contributed by atoms with E-state index in [0.29, 0.717) is 0 Å². The van der Waals surface area contributed by atoms with Gasteiger partial charge in [0.25, 0.3) is 0 Å². The molecule has 50 valence electrons. The van der Waals surface area contributed by atoms with Gasteiger partial charge in [-0.2, -0.15) is 0 Å². The lowest BCUT2D eigenvalue weighted by Gasteiger charge is -2.04. The van der Waals surface area contributed by atoms with Crippen molar-refractivity contribution in [3.63, 3.8) is 0 Å². The first-order valence-corrected chi connectivity index (χ1v) is 2.94. The van der Waals surface area contributed by atoms with E-state index in [2.05, 4.69) is 12.2 Å². The number of hydrogen-bond acceptors (Lipinski definition) is 3. The van der Waals surface area contributed by atoms with Crippen LogP contribution in [0, 0.1) is 0 Å². The summed E-state index contributed by atoms with van der Waals surface area (Å²) in [5, 5.41) is 11.1. The van der Waals surface area contributed by atoms with Crippen molar-refractivity contribution < 1.29 is 5.11 Å². The Balaban J connectivity index is 2.72. The van der Waals surface area contributed by atoms with Crippen LogP contribution in [0.15, 0.2) is 0 Å². The highest BCUT2D eigenvalue weighted by molar-refractivity contribution is 4.43. The van der Waals surface area contributed by atoms with Gasteiger partial charge in [-0.1, -0.05) is 13.3 Å². The van der Waals surface area contributed by atoms with E-state index in [0.717, 1.165) is 19.4 Å². The average molecular weight is 118 g/mol. The van der Waals surface area contributed by atoms with Gasteiger partial charge in [0.15, 0.2) is 6.35 Å². The van der Waals surface area contributed by atoms with Crippen molar-refractivity contribution in [2.75, 3.05) is 6.54 Å². The second-order valence-corrected chi connectivity index (χ2v) is 1.75. The molecule has 0 aliphatic carbocycles. The number of aliphatic hydroxyl groups excluding tert-OH is 1. The highest BCUT2D eigenvalue weighted by Crippen LogP contribution is 1.81. The summed E-state index contributed by atoms with van der Waals surface area (Å²) in [4.78, 5) is 0. The molecular formula is C5H14N2O. The molecule has 3 heteroatoms. The minimum absolute atomic E-state index is 0.800. The van der Waals surface area contributed by atoms with Crippen molar-refractivity contribution >= 4 is 0 Å². The molecule has 4 N–H and O–H groups in total. The molecule has 0 aromatic rings. The molecule has 0 saturated heterocycles. The molecule has 0 aliphatic rings. The van der Waals surface area contributed by atoms with Crippen LogP contribution >= 0.6 is 0 Å². The summed E-state index contributed by atoms with van der Waals surface area (Å²) in [6.45, 7) is 2.89. The van der Waals surface area contributed by atoms with Crippen LogP contribution < -0.4 is 11.1 Å². The van der Waals surface area contributed by atoms with Crippen molar-refractivity contribution in [3.05, 3.63) is 0 Å². The number of nitrogens with two attached hydrogens (primary N) is 1. The maximum absolute atomic E-state index is 8.45. The van der Waals surface area contributed by atoms with Gasteiger partial charge in [-0.05, 0) is 13.0 Å². The molecule has 0 heterocycles. The van der Waals surface area contributed by atoms with E-state index >= 15 is 0 Å². The van der Waals surface area contributed by atoms with E-state index in [4.69, 9.17) is 10.8 Å². The third-order valence-corrected chi connectivity index (χ3v) is 0.884. The molecule has 0 bridgehead atoms. The van der Waals surface area contributed by atoms with E-state index < -0.39 is 6.35 Å². The number of nitrogens with one attached hydrogen (secondary N) is 1. The second-order valence-electron chi connectivity index (χ2n) is 1.75. The van der Waals surface area contributed by atoms with Gasteiger partial charge in [0.2, 0.25) is 0 Å². The summed E-state index contributed by atoms with van der Waals surface area (Å²) in [7, 11) is 0.